The number of nitrogens with one attached hydrogen (secondary N) is 1. The lowest BCUT2D eigenvalue weighted by Crippen LogP contribution is -2.39. The maximum absolute atomic E-state index is 14.8. The first-order valence-electron chi connectivity index (χ1n) is 11.9. The highest BCUT2D eigenvalue weighted by molar-refractivity contribution is 5.90. The van der Waals surface area contributed by atoms with Crippen LogP contribution >= 0.6 is 0 Å². The molecule has 184 valence electrons. The van der Waals surface area contributed by atoms with E-state index in [9.17, 15) is 18.7 Å². The summed E-state index contributed by atoms with van der Waals surface area (Å²) in [7, 11) is 0. The van der Waals surface area contributed by atoms with Crippen molar-refractivity contribution in [2.45, 2.75) is 25.5 Å². The number of halogens is 2. The van der Waals surface area contributed by atoms with Crippen LogP contribution in [0.3, 0.4) is 0 Å². The van der Waals surface area contributed by atoms with Gasteiger partial charge in [0.15, 0.2) is 0 Å². The molecular formula is C29H26F2N2O3. The third-order valence-electron chi connectivity index (χ3n) is 6.60. The molecule has 0 amide bonds. The van der Waals surface area contributed by atoms with E-state index in [0.717, 1.165) is 6.07 Å². The maximum atomic E-state index is 14.8. The molecule has 7 heteroatoms. The van der Waals surface area contributed by atoms with Gasteiger partial charge in [0.2, 0.25) is 0 Å². The highest BCUT2D eigenvalue weighted by Crippen LogP contribution is 2.40. The monoisotopic (exact) mass is 488 g/mol. The molecule has 1 aliphatic rings. The summed E-state index contributed by atoms with van der Waals surface area (Å²) >= 11 is 0. The van der Waals surface area contributed by atoms with Gasteiger partial charge in [-0.15, -0.1) is 0 Å². The number of hydrogen-bond acceptors (Lipinski definition) is 4. The van der Waals surface area contributed by atoms with Crippen molar-refractivity contribution in [1.82, 2.24) is 5.32 Å². The number of carboxylic acids is 1. The van der Waals surface area contributed by atoms with Crippen LogP contribution in [0.1, 0.15) is 35.3 Å². The van der Waals surface area contributed by atoms with Crippen molar-refractivity contribution in [2.24, 2.45) is 0 Å². The first kappa shape index (κ1) is 23.8. The van der Waals surface area contributed by atoms with Crippen LogP contribution in [-0.4, -0.2) is 30.3 Å². The standard InChI is InChI=1S/C29H26F2N2O3/c1-18(21-10-6-8-19-7-2-3-9-22(19)21)32-14-13-20-17-33(26-11-4-5-12-28(26)36-20)27-15-23(29(34)35)24(30)16-25(27)31/h2-12,15-16,18,20,32H,13-14,17H2,1H3,(H,34,35)/t18-,20?/m1/s1. The fraction of sp³-hybridized carbons (Fsp3) is 0.207. The topological polar surface area (TPSA) is 61.8 Å². The van der Waals surface area contributed by atoms with E-state index in [0.29, 0.717) is 37.0 Å². The van der Waals surface area contributed by atoms with E-state index >= 15 is 0 Å². The van der Waals surface area contributed by atoms with Crippen molar-refractivity contribution in [3.63, 3.8) is 0 Å². The first-order chi connectivity index (χ1) is 17.4. The zero-order chi connectivity index (χ0) is 25.2. The number of para-hydroxylation sites is 2. The minimum Gasteiger partial charge on any atom is -0.486 e. The predicted octanol–water partition coefficient (Wildman–Crippen LogP) is 6.46. The number of aromatic carboxylic acids is 1. The second kappa shape index (κ2) is 9.95. The third-order valence-corrected chi connectivity index (χ3v) is 6.60. The van der Waals surface area contributed by atoms with Crippen LogP contribution in [0, 0.1) is 11.6 Å². The second-order valence-corrected chi connectivity index (χ2v) is 8.94. The summed E-state index contributed by atoms with van der Waals surface area (Å²) in [5, 5.41) is 15.3. The SMILES string of the molecule is C[C@@H](NCCC1CN(c2cc(C(=O)O)c(F)cc2F)c2ccccc2O1)c1cccc2ccccc12. The molecule has 5 rings (SSSR count). The molecule has 0 aliphatic carbocycles. The normalized spacial score (nSPS) is 15.9. The Morgan fingerprint density at radius 2 is 1.78 bits per heavy atom. The fourth-order valence-electron chi connectivity index (χ4n) is 4.78. The van der Waals surface area contributed by atoms with E-state index in [1.807, 2.05) is 18.2 Å². The second-order valence-electron chi connectivity index (χ2n) is 8.94. The highest BCUT2D eigenvalue weighted by atomic mass is 19.1. The van der Waals surface area contributed by atoms with Crippen LogP contribution in [0.5, 0.6) is 5.75 Å². The van der Waals surface area contributed by atoms with E-state index < -0.39 is 23.2 Å². The van der Waals surface area contributed by atoms with Gasteiger partial charge in [-0.05, 0) is 54.4 Å². The van der Waals surface area contributed by atoms with Crippen LogP contribution in [0.25, 0.3) is 10.8 Å². The lowest BCUT2D eigenvalue weighted by molar-refractivity contribution is 0.0692. The first-order valence-corrected chi connectivity index (χ1v) is 11.9. The summed E-state index contributed by atoms with van der Waals surface area (Å²) in [4.78, 5) is 13.1. The van der Waals surface area contributed by atoms with Gasteiger partial charge in [-0.3, -0.25) is 0 Å². The van der Waals surface area contributed by atoms with Gasteiger partial charge in [0, 0.05) is 12.1 Å². The van der Waals surface area contributed by atoms with E-state index in [1.54, 1.807) is 23.1 Å². The lowest BCUT2D eigenvalue weighted by atomic mass is 9.99. The highest BCUT2D eigenvalue weighted by Gasteiger charge is 2.29. The van der Waals surface area contributed by atoms with Crippen molar-refractivity contribution in [1.29, 1.82) is 0 Å². The molecule has 1 unspecified atom stereocenters. The fourth-order valence-corrected chi connectivity index (χ4v) is 4.78. The molecule has 1 heterocycles. The minimum atomic E-state index is -1.45. The Morgan fingerprint density at radius 3 is 2.61 bits per heavy atom. The molecule has 5 nitrogen and oxygen atoms in total. The molecule has 0 radical (unpaired) electrons. The summed E-state index contributed by atoms with van der Waals surface area (Å²) in [5.74, 6) is -2.81. The number of carbonyl (C=O) groups is 1. The largest absolute Gasteiger partial charge is 0.486 e. The number of hydrogen-bond donors (Lipinski definition) is 2. The summed E-state index contributed by atoms with van der Waals surface area (Å²) < 4.78 is 35.1. The number of fused-ring (bicyclic) bond motifs is 2. The number of ether oxygens (including phenoxy) is 1. The van der Waals surface area contributed by atoms with Gasteiger partial charge in [0.25, 0.3) is 0 Å². The van der Waals surface area contributed by atoms with Crippen molar-refractivity contribution < 1.29 is 23.4 Å². The Bertz CT molecular complexity index is 1420. The lowest BCUT2D eigenvalue weighted by Gasteiger charge is -2.36. The molecule has 0 saturated heterocycles. The van der Waals surface area contributed by atoms with Gasteiger partial charge in [-0.25, -0.2) is 13.6 Å². The van der Waals surface area contributed by atoms with Crippen LogP contribution in [0.2, 0.25) is 0 Å². The van der Waals surface area contributed by atoms with E-state index in [-0.39, 0.29) is 17.8 Å². The van der Waals surface area contributed by atoms with Gasteiger partial charge in [0.1, 0.15) is 23.5 Å². The maximum Gasteiger partial charge on any atom is 0.338 e. The average Bonchev–Trinajstić information content (AvgIpc) is 2.87. The smallest absolute Gasteiger partial charge is 0.338 e. The summed E-state index contributed by atoms with van der Waals surface area (Å²) in [6.45, 7) is 3.06. The van der Waals surface area contributed by atoms with Crippen LogP contribution in [-0.2, 0) is 0 Å². The molecule has 0 spiro atoms. The molecule has 4 aromatic rings. The van der Waals surface area contributed by atoms with E-state index in [1.165, 1.54) is 16.3 Å². The quantitative estimate of drug-likeness (QED) is 0.313. The Balaban J connectivity index is 1.34. The number of rotatable bonds is 7. The third kappa shape index (κ3) is 4.62. The number of nitrogens with zero attached hydrogens (tertiary/aromatic N) is 1. The Labute approximate surface area is 207 Å². The minimum absolute atomic E-state index is 0.00614. The molecule has 0 saturated carbocycles. The van der Waals surface area contributed by atoms with Crippen molar-refractivity contribution in [3.05, 3.63) is 102 Å². The zero-order valence-electron chi connectivity index (χ0n) is 19.7. The van der Waals surface area contributed by atoms with Crippen molar-refractivity contribution in [2.75, 3.05) is 18.0 Å². The van der Waals surface area contributed by atoms with Gasteiger partial charge < -0.3 is 20.1 Å². The Kier molecular flexibility index (Phi) is 6.57. The molecule has 36 heavy (non-hydrogen) atoms. The van der Waals surface area contributed by atoms with E-state index in [4.69, 9.17) is 4.74 Å². The van der Waals surface area contributed by atoms with Gasteiger partial charge in [-0.2, -0.15) is 0 Å². The molecule has 4 aromatic carbocycles. The van der Waals surface area contributed by atoms with Crippen LogP contribution < -0.4 is 15.0 Å². The molecule has 0 fully saturated rings. The Morgan fingerprint density at radius 1 is 1.03 bits per heavy atom. The van der Waals surface area contributed by atoms with Gasteiger partial charge in [0.05, 0.1) is 23.5 Å². The molecule has 0 aromatic heterocycles. The molecule has 2 N–H and O–H groups in total. The number of anilines is 2. The molecule has 0 bridgehead atoms. The average molecular weight is 489 g/mol. The molecule has 1 aliphatic heterocycles. The molecular weight excluding hydrogens is 462 g/mol. The zero-order valence-corrected chi connectivity index (χ0v) is 19.7. The Hall–Kier alpha value is -3.97. The number of carboxylic acid groups (broad SMARTS) is 1. The summed E-state index contributed by atoms with van der Waals surface area (Å²) in [6.07, 6.45) is 0.346. The van der Waals surface area contributed by atoms with Crippen molar-refractivity contribution in [3.8, 4) is 5.75 Å². The number of benzene rings is 4. The van der Waals surface area contributed by atoms with Crippen LogP contribution in [0.15, 0.2) is 78.9 Å². The van der Waals surface area contributed by atoms with Crippen LogP contribution in [0.4, 0.5) is 20.2 Å². The van der Waals surface area contributed by atoms with Gasteiger partial charge >= 0.3 is 5.97 Å². The van der Waals surface area contributed by atoms with Crippen molar-refractivity contribution >= 4 is 28.1 Å². The summed E-state index contributed by atoms with van der Waals surface area (Å²) in [5.41, 5.74) is 1.25. The summed E-state index contributed by atoms with van der Waals surface area (Å²) in [6, 6.07) is 23.5. The van der Waals surface area contributed by atoms with Gasteiger partial charge in [-0.1, -0.05) is 54.6 Å². The van der Waals surface area contributed by atoms with E-state index in [2.05, 4.69) is 42.6 Å². The predicted molar refractivity (Wildman–Crippen MR) is 136 cm³/mol. The molecule has 2 atom stereocenters.